The van der Waals surface area contributed by atoms with E-state index in [0.717, 1.165) is 12.0 Å². The lowest BCUT2D eigenvalue weighted by molar-refractivity contribution is -0.132. The maximum absolute atomic E-state index is 12.1. The van der Waals surface area contributed by atoms with Crippen LogP contribution >= 0.6 is 0 Å². The minimum atomic E-state index is -0.289. The molecule has 2 heterocycles. The Hall–Kier alpha value is -2.08. The van der Waals surface area contributed by atoms with Gasteiger partial charge in [0.1, 0.15) is 6.04 Å². The third-order valence-electron chi connectivity index (χ3n) is 3.70. The second-order valence-corrected chi connectivity index (χ2v) is 4.87. The van der Waals surface area contributed by atoms with Crippen LogP contribution in [0.25, 0.3) is 0 Å². The normalized spacial score (nSPS) is 24.5. The van der Waals surface area contributed by atoms with Crippen molar-refractivity contribution in [2.45, 2.75) is 25.0 Å². The van der Waals surface area contributed by atoms with Gasteiger partial charge in [0.25, 0.3) is 0 Å². The number of amides is 3. The number of nitrogens with zero attached hydrogens (tertiary/aromatic N) is 1. The van der Waals surface area contributed by atoms with Gasteiger partial charge in [-0.25, -0.2) is 4.79 Å². The van der Waals surface area contributed by atoms with Gasteiger partial charge < -0.3 is 21.3 Å². The second-order valence-electron chi connectivity index (χ2n) is 4.87. The van der Waals surface area contributed by atoms with E-state index >= 15 is 0 Å². The molecule has 3 rings (SSSR count). The van der Waals surface area contributed by atoms with Crippen LogP contribution in [0, 0.1) is 0 Å². The molecule has 19 heavy (non-hydrogen) atoms. The number of nitrogens with one attached hydrogen (secondary N) is 2. The first-order chi connectivity index (χ1) is 9.19. The van der Waals surface area contributed by atoms with Crippen molar-refractivity contribution in [1.29, 1.82) is 0 Å². The first kappa shape index (κ1) is 12.0. The number of rotatable bonds is 2. The molecule has 4 N–H and O–H groups in total. The zero-order valence-electron chi connectivity index (χ0n) is 10.4. The van der Waals surface area contributed by atoms with Gasteiger partial charge in [0.15, 0.2) is 0 Å². The highest BCUT2D eigenvalue weighted by Crippen LogP contribution is 2.25. The molecule has 0 saturated carbocycles. The van der Waals surface area contributed by atoms with E-state index in [9.17, 15) is 9.59 Å². The number of hydrogen-bond donors (Lipinski definition) is 3. The van der Waals surface area contributed by atoms with Crippen LogP contribution in [0.4, 0.5) is 10.5 Å². The summed E-state index contributed by atoms with van der Waals surface area (Å²) in [6.45, 7) is 1.09. The van der Waals surface area contributed by atoms with Crippen LogP contribution in [-0.4, -0.2) is 35.5 Å². The number of fused-ring (bicyclic) bond motifs is 1. The molecule has 2 aliphatic heterocycles. The van der Waals surface area contributed by atoms with E-state index in [0.29, 0.717) is 18.8 Å². The van der Waals surface area contributed by atoms with Crippen molar-refractivity contribution in [3.63, 3.8) is 0 Å². The summed E-state index contributed by atoms with van der Waals surface area (Å²) in [7, 11) is 0. The van der Waals surface area contributed by atoms with Gasteiger partial charge in [-0.05, 0) is 24.1 Å². The number of carbonyl (C=O) groups excluding carboxylic acids is 2. The van der Waals surface area contributed by atoms with E-state index in [1.807, 2.05) is 24.3 Å². The summed E-state index contributed by atoms with van der Waals surface area (Å²) in [5, 5.41) is 5.60. The van der Waals surface area contributed by atoms with Gasteiger partial charge in [0, 0.05) is 18.8 Å². The molecule has 1 aromatic rings. The van der Waals surface area contributed by atoms with E-state index in [-0.39, 0.29) is 24.0 Å². The van der Waals surface area contributed by atoms with Crippen molar-refractivity contribution in [3.8, 4) is 0 Å². The van der Waals surface area contributed by atoms with Gasteiger partial charge in [0.2, 0.25) is 5.91 Å². The first-order valence-corrected chi connectivity index (χ1v) is 6.36. The Labute approximate surface area is 110 Å². The lowest BCUT2D eigenvalue weighted by Crippen LogP contribution is -2.65. The van der Waals surface area contributed by atoms with Crippen molar-refractivity contribution in [2.75, 3.05) is 11.9 Å². The summed E-state index contributed by atoms with van der Waals surface area (Å²) in [5.74, 6) is -0.0591. The van der Waals surface area contributed by atoms with Gasteiger partial charge >= 0.3 is 6.03 Å². The Kier molecular flexibility index (Phi) is 2.87. The highest BCUT2D eigenvalue weighted by molar-refractivity contribution is 5.97. The molecular formula is C13H16N4O2. The minimum absolute atomic E-state index is 0.0591. The lowest BCUT2D eigenvalue weighted by atomic mass is 10.0. The Morgan fingerprint density at radius 2 is 2.16 bits per heavy atom. The maximum Gasteiger partial charge on any atom is 0.322 e. The molecule has 2 saturated heterocycles. The van der Waals surface area contributed by atoms with E-state index in [4.69, 9.17) is 5.73 Å². The molecular weight excluding hydrogens is 244 g/mol. The Morgan fingerprint density at radius 1 is 1.42 bits per heavy atom. The molecule has 2 aliphatic rings. The summed E-state index contributed by atoms with van der Waals surface area (Å²) in [6.07, 6.45) is 0.829. The van der Waals surface area contributed by atoms with Crippen molar-refractivity contribution in [3.05, 3.63) is 29.8 Å². The molecule has 0 aliphatic carbocycles. The fourth-order valence-electron chi connectivity index (χ4n) is 2.59. The molecule has 2 atom stereocenters. The fraction of sp³-hybridized carbons (Fsp3) is 0.385. The van der Waals surface area contributed by atoms with Crippen LogP contribution in [-0.2, 0) is 11.3 Å². The van der Waals surface area contributed by atoms with E-state index < -0.39 is 0 Å². The number of carbonyl (C=O) groups is 2. The predicted molar refractivity (Wildman–Crippen MR) is 70.4 cm³/mol. The van der Waals surface area contributed by atoms with E-state index in [2.05, 4.69) is 10.6 Å². The number of likely N-dealkylation sites (tertiary alicyclic amines) is 1. The molecule has 0 radical (unpaired) electrons. The van der Waals surface area contributed by atoms with Crippen LogP contribution < -0.4 is 16.4 Å². The summed E-state index contributed by atoms with van der Waals surface area (Å²) in [4.78, 5) is 25.1. The van der Waals surface area contributed by atoms with E-state index in [1.165, 1.54) is 0 Å². The molecule has 100 valence electrons. The summed E-state index contributed by atoms with van der Waals surface area (Å²) in [6, 6.07) is 7.00. The molecule has 2 fully saturated rings. The molecule has 6 heteroatoms. The molecule has 0 aromatic heterocycles. The highest BCUT2D eigenvalue weighted by atomic mass is 16.2. The third kappa shape index (κ3) is 2.04. The average Bonchev–Trinajstić information content (AvgIpc) is 2.76. The van der Waals surface area contributed by atoms with Crippen molar-refractivity contribution < 1.29 is 9.59 Å². The van der Waals surface area contributed by atoms with E-state index in [1.54, 1.807) is 4.90 Å². The number of β-lactam (4-membered cyclic amide) rings is 1. The fourth-order valence-corrected chi connectivity index (χ4v) is 2.59. The maximum atomic E-state index is 12.1. The molecule has 0 bridgehead atoms. The van der Waals surface area contributed by atoms with Crippen LogP contribution in [0.1, 0.15) is 12.0 Å². The zero-order chi connectivity index (χ0) is 13.4. The Balaban J connectivity index is 1.66. The van der Waals surface area contributed by atoms with Crippen LogP contribution in [0.15, 0.2) is 24.3 Å². The smallest absolute Gasteiger partial charge is 0.322 e. The number of urea groups is 1. The van der Waals surface area contributed by atoms with Gasteiger partial charge in [-0.2, -0.15) is 0 Å². The van der Waals surface area contributed by atoms with Gasteiger partial charge in [-0.1, -0.05) is 12.1 Å². The topological polar surface area (TPSA) is 87.5 Å². The largest absolute Gasteiger partial charge is 0.349 e. The third-order valence-corrected chi connectivity index (χ3v) is 3.70. The molecule has 3 amide bonds. The number of anilines is 1. The molecule has 1 aromatic carbocycles. The van der Waals surface area contributed by atoms with Crippen molar-refractivity contribution >= 4 is 17.6 Å². The molecule has 6 nitrogen and oxygen atoms in total. The lowest BCUT2D eigenvalue weighted by Gasteiger charge is -2.35. The number of nitrogens with two attached hydrogens (primary N) is 1. The van der Waals surface area contributed by atoms with Crippen LogP contribution in [0.2, 0.25) is 0 Å². The van der Waals surface area contributed by atoms with Crippen LogP contribution in [0.5, 0.6) is 0 Å². The SMILES string of the molecule is NCc1ccc(NC(=O)N2CC[C@H]3NC(=O)C32)cc1. The Bertz CT molecular complexity index is 514. The monoisotopic (exact) mass is 260 g/mol. The van der Waals surface area contributed by atoms with Gasteiger partial charge in [0.05, 0.1) is 6.04 Å². The van der Waals surface area contributed by atoms with Crippen LogP contribution in [0.3, 0.4) is 0 Å². The van der Waals surface area contributed by atoms with Crippen molar-refractivity contribution in [2.24, 2.45) is 5.73 Å². The predicted octanol–water partition coefficient (Wildman–Crippen LogP) is 0.250. The zero-order valence-corrected chi connectivity index (χ0v) is 10.4. The first-order valence-electron chi connectivity index (χ1n) is 6.36. The minimum Gasteiger partial charge on any atom is -0.349 e. The summed E-state index contributed by atoms with van der Waals surface area (Å²) >= 11 is 0. The molecule has 1 unspecified atom stereocenters. The highest BCUT2D eigenvalue weighted by Gasteiger charge is 2.49. The second kappa shape index (κ2) is 4.55. The molecule has 0 spiro atoms. The van der Waals surface area contributed by atoms with Gasteiger partial charge in [-0.15, -0.1) is 0 Å². The number of hydrogen-bond acceptors (Lipinski definition) is 3. The van der Waals surface area contributed by atoms with Gasteiger partial charge in [-0.3, -0.25) is 4.79 Å². The number of benzene rings is 1. The standard InChI is InChI=1S/C13H16N4O2/c14-7-8-1-3-9(4-2-8)15-13(19)17-6-5-10-11(17)12(18)16-10/h1-4,10-11H,5-7,14H2,(H,15,19)(H,16,18)/t10-,11?/m1/s1. The average molecular weight is 260 g/mol. The quantitative estimate of drug-likeness (QED) is 0.666. The summed E-state index contributed by atoms with van der Waals surface area (Å²) in [5.41, 5.74) is 7.24. The Morgan fingerprint density at radius 3 is 2.79 bits per heavy atom. The van der Waals surface area contributed by atoms with Crippen molar-refractivity contribution in [1.82, 2.24) is 10.2 Å². The summed E-state index contributed by atoms with van der Waals surface area (Å²) < 4.78 is 0.